The van der Waals surface area contributed by atoms with Gasteiger partial charge in [-0.15, -0.1) is 0 Å². The van der Waals surface area contributed by atoms with Crippen LogP contribution < -0.4 is 5.32 Å². The quantitative estimate of drug-likeness (QED) is 0.873. The summed E-state index contributed by atoms with van der Waals surface area (Å²) in [6, 6.07) is 14.1. The number of allylic oxidation sites excluding steroid dienone is 2. The Labute approximate surface area is 148 Å². The number of carbonyl (C=O) groups is 1. The largest absolute Gasteiger partial charge is 0.357 e. The minimum atomic E-state index is -1.05. The second kappa shape index (κ2) is 6.61. The van der Waals surface area contributed by atoms with E-state index >= 15 is 0 Å². The molecule has 0 aliphatic carbocycles. The number of nitrogens with zero attached hydrogens (tertiary/aromatic N) is 2. The summed E-state index contributed by atoms with van der Waals surface area (Å²) in [7, 11) is 3.10. The fourth-order valence-electron chi connectivity index (χ4n) is 3.22. The van der Waals surface area contributed by atoms with Gasteiger partial charge in [-0.1, -0.05) is 36.4 Å². The maximum atomic E-state index is 13.1. The van der Waals surface area contributed by atoms with E-state index in [2.05, 4.69) is 5.32 Å². The van der Waals surface area contributed by atoms with Gasteiger partial charge in [-0.25, -0.2) is 5.06 Å². The molecule has 0 bridgehead atoms. The lowest BCUT2D eigenvalue weighted by Crippen LogP contribution is -2.57. The first-order valence-corrected chi connectivity index (χ1v) is 8.20. The van der Waals surface area contributed by atoms with Crippen LogP contribution in [0.1, 0.15) is 17.0 Å². The van der Waals surface area contributed by atoms with Crippen molar-refractivity contribution < 1.29 is 9.63 Å². The van der Waals surface area contributed by atoms with Crippen molar-refractivity contribution in [2.45, 2.75) is 19.5 Å². The third kappa shape index (κ3) is 2.87. The Morgan fingerprint density at radius 1 is 1.12 bits per heavy atom. The second-order valence-corrected chi connectivity index (χ2v) is 6.15. The van der Waals surface area contributed by atoms with Crippen LogP contribution in [-0.2, 0) is 15.3 Å². The normalized spacial score (nSPS) is 19.3. The van der Waals surface area contributed by atoms with Crippen molar-refractivity contribution in [2.24, 2.45) is 0 Å². The maximum absolute atomic E-state index is 13.1. The third-order valence-electron chi connectivity index (χ3n) is 4.57. The van der Waals surface area contributed by atoms with Crippen molar-refractivity contribution in [3.8, 4) is 0 Å². The van der Waals surface area contributed by atoms with Gasteiger partial charge in [0.2, 0.25) is 5.66 Å². The zero-order valence-electron chi connectivity index (χ0n) is 15.0. The molecule has 25 heavy (non-hydrogen) atoms. The number of hydroxylamine groups is 2. The molecule has 5 heteroatoms. The number of benzene rings is 1. The Morgan fingerprint density at radius 2 is 1.76 bits per heavy atom. The van der Waals surface area contributed by atoms with Crippen molar-refractivity contribution in [1.82, 2.24) is 14.9 Å². The standard InChI is InChI=1S/C20H23N3O2/c1-15-10-11-16(2)23(15)20(19(24)22(3)25-4)13-12-18(14-21-20)17-8-6-5-7-9-17/h5-14,21H,1-4H3. The summed E-state index contributed by atoms with van der Waals surface area (Å²) >= 11 is 0. The molecule has 1 aliphatic heterocycles. The Hall–Kier alpha value is -2.79. The molecule has 1 aromatic carbocycles. The summed E-state index contributed by atoms with van der Waals surface area (Å²) in [6.45, 7) is 3.97. The van der Waals surface area contributed by atoms with Crippen LogP contribution in [0.25, 0.3) is 5.57 Å². The van der Waals surface area contributed by atoms with Gasteiger partial charge in [-0.2, -0.15) is 0 Å². The van der Waals surface area contributed by atoms with Gasteiger partial charge in [-0.05, 0) is 43.2 Å². The molecule has 1 aliphatic rings. The minimum absolute atomic E-state index is 0.197. The molecule has 5 nitrogen and oxygen atoms in total. The van der Waals surface area contributed by atoms with Crippen LogP contribution in [0.5, 0.6) is 0 Å². The SMILES string of the molecule is CON(C)C(=O)C1(n2c(C)ccc2C)C=CC(c2ccccc2)=CN1. The molecule has 0 radical (unpaired) electrons. The van der Waals surface area contributed by atoms with E-state index in [4.69, 9.17) is 4.84 Å². The first-order chi connectivity index (χ1) is 12.0. The number of likely N-dealkylation sites (N-methyl/N-ethyl adjacent to an activating group) is 1. The molecular formula is C20H23N3O2. The molecule has 0 fully saturated rings. The highest BCUT2D eigenvalue weighted by Gasteiger charge is 2.42. The van der Waals surface area contributed by atoms with E-state index in [1.54, 1.807) is 7.05 Å². The van der Waals surface area contributed by atoms with Crippen LogP contribution in [-0.4, -0.2) is 29.7 Å². The lowest BCUT2D eigenvalue weighted by atomic mass is 9.98. The van der Waals surface area contributed by atoms with Crippen LogP contribution in [0.4, 0.5) is 0 Å². The summed E-state index contributed by atoms with van der Waals surface area (Å²) in [6.07, 6.45) is 5.76. The summed E-state index contributed by atoms with van der Waals surface area (Å²) in [5.41, 5.74) is 3.04. The highest BCUT2D eigenvalue weighted by atomic mass is 16.7. The highest BCUT2D eigenvalue weighted by Crippen LogP contribution is 2.30. The van der Waals surface area contributed by atoms with Crippen molar-refractivity contribution in [3.63, 3.8) is 0 Å². The molecule has 3 rings (SSSR count). The van der Waals surface area contributed by atoms with Crippen LogP contribution in [0.15, 0.2) is 60.8 Å². The predicted octanol–water partition coefficient (Wildman–Crippen LogP) is 2.98. The van der Waals surface area contributed by atoms with Crippen molar-refractivity contribution in [1.29, 1.82) is 0 Å². The first kappa shape index (κ1) is 17.0. The smallest absolute Gasteiger partial charge is 0.297 e. The molecule has 1 N–H and O–H groups in total. The third-order valence-corrected chi connectivity index (χ3v) is 4.57. The van der Waals surface area contributed by atoms with Gasteiger partial charge in [0, 0.05) is 24.6 Å². The van der Waals surface area contributed by atoms with E-state index in [-0.39, 0.29) is 5.91 Å². The Bertz CT molecular complexity index is 816. The Balaban J connectivity index is 2.06. The monoisotopic (exact) mass is 337 g/mol. The lowest BCUT2D eigenvalue weighted by Gasteiger charge is -2.38. The molecule has 1 unspecified atom stereocenters. The van der Waals surface area contributed by atoms with Crippen LogP contribution in [0, 0.1) is 13.8 Å². The average molecular weight is 337 g/mol. The summed E-state index contributed by atoms with van der Waals surface area (Å²) in [5, 5.41) is 4.57. The molecule has 2 aromatic rings. The number of dihydropyridines is 1. The second-order valence-electron chi connectivity index (χ2n) is 6.15. The van der Waals surface area contributed by atoms with Crippen LogP contribution >= 0.6 is 0 Å². The van der Waals surface area contributed by atoms with Crippen molar-refractivity contribution in [2.75, 3.05) is 14.2 Å². The van der Waals surface area contributed by atoms with E-state index in [1.807, 2.05) is 79.2 Å². The molecule has 2 heterocycles. The van der Waals surface area contributed by atoms with Gasteiger partial charge in [-0.3, -0.25) is 9.63 Å². The summed E-state index contributed by atoms with van der Waals surface area (Å²) in [5.74, 6) is -0.197. The van der Waals surface area contributed by atoms with E-state index in [9.17, 15) is 4.79 Å². The minimum Gasteiger partial charge on any atom is -0.357 e. The molecule has 0 saturated carbocycles. The molecule has 130 valence electrons. The topological polar surface area (TPSA) is 46.5 Å². The molecule has 1 aromatic heterocycles. The van der Waals surface area contributed by atoms with Crippen molar-refractivity contribution in [3.05, 3.63) is 77.8 Å². The Kier molecular flexibility index (Phi) is 4.51. The number of carbonyl (C=O) groups excluding carboxylic acids is 1. The van der Waals surface area contributed by atoms with Gasteiger partial charge in [0.1, 0.15) is 0 Å². The van der Waals surface area contributed by atoms with Crippen LogP contribution in [0.3, 0.4) is 0 Å². The zero-order valence-corrected chi connectivity index (χ0v) is 15.0. The number of amides is 1. The maximum Gasteiger partial charge on any atom is 0.297 e. The summed E-state index contributed by atoms with van der Waals surface area (Å²) < 4.78 is 1.99. The van der Waals surface area contributed by atoms with E-state index in [1.165, 1.54) is 12.2 Å². The number of rotatable bonds is 4. The lowest BCUT2D eigenvalue weighted by molar-refractivity contribution is -0.177. The van der Waals surface area contributed by atoms with Crippen molar-refractivity contribution >= 4 is 11.5 Å². The van der Waals surface area contributed by atoms with E-state index in [0.29, 0.717) is 0 Å². The van der Waals surface area contributed by atoms with Gasteiger partial charge >= 0.3 is 0 Å². The number of aromatic nitrogens is 1. The number of hydrogen-bond acceptors (Lipinski definition) is 3. The summed E-state index contributed by atoms with van der Waals surface area (Å²) in [4.78, 5) is 18.3. The van der Waals surface area contributed by atoms with Gasteiger partial charge in [0.05, 0.1) is 7.11 Å². The van der Waals surface area contributed by atoms with E-state index in [0.717, 1.165) is 22.5 Å². The zero-order chi connectivity index (χ0) is 18.0. The average Bonchev–Trinajstić information content (AvgIpc) is 3.00. The molecular weight excluding hydrogens is 314 g/mol. The fourth-order valence-corrected chi connectivity index (χ4v) is 3.22. The van der Waals surface area contributed by atoms with Gasteiger partial charge < -0.3 is 9.88 Å². The molecule has 1 atom stereocenters. The highest BCUT2D eigenvalue weighted by molar-refractivity contribution is 5.88. The van der Waals surface area contributed by atoms with Gasteiger partial charge in [0.15, 0.2) is 0 Å². The fraction of sp³-hybridized carbons (Fsp3) is 0.250. The Morgan fingerprint density at radius 3 is 2.28 bits per heavy atom. The number of hydrogen-bond donors (Lipinski definition) is 1. The number of aryl methyl sites for hydroxylation is 2. The molecule has 0 spiro atoms. The van der Waals surface area contributed by atoms with Crippen LogP contribution in [0.2, 0.25) is 0 Å². The predicted molar refractivity (Wildman–Crippen MR) is 98.4 cm³/mol. The van der Waals surface area contributed by atoms with E-state index < -0.39 is 5.66 Å². The molecule has 0 saturated heterocycles. The first-order valence-electron chi connectivity index (χ1n) is 8.20. The van der Waals surface area contributed by atoms with Gasteiger partial charge in [0.25, 0.3) is 5.91 Å². The number of nitrogens with one attached hydrogen (secondary N) is 1. The molecule has 1 amide bonds.